The van der Waals surface area contributed by atoms with Crippen molar-refractivity contribution < 1.29 is 4.74 Å². The average molecular weight is 341 g/mol. The maximum absolute atomic E-state index is 5.93. The van der Waals surface area contributed by atoms with E-state index in [0.29, 0.717) is 5.17 Å². The second kappa shape index (κ2) is 7.18. The van der Waals surface area contributed by atoms with Crippen molar-refractivity contribution in [3.05, 3.63) is 59.7 Å². The number of nitrogens with two attached hydrogens (primary N) is 1. The predicted octanol–water partition coefficient (Wildman–Crippen LogP) is 3.97. The van der Waals surface area contributed by atoms with Crippen molar-refractivity contribution in [2.75, 3.05) is 18.2 Å². The SMILES string of the molecule is COc1ccc(NCc2cccc(C3(C)CCSC(N)=N3)c2)cc1. The zero-order valence-corrected chi connectivity index (χ0v) is 14.9. The van der Waals surface area contributed by atoms with Crippen molar-refractivity contribution in [2.24, 2.45) is 10.7 Å². The van der Waals surface area contributed by atoms with Crippen LogP contribution in [0.5, 0.6) is 5.75 Å². The van der Waals surface area contributed by atoms with Crippen LogP contribution in [0, 0.1) is 0 Å². The van der Waals surface area contributed by atoms with Crippen molar-refractivity contribution in [2.45, 2.75) is 25.4 Å². The number of ether oxygens (including phenoxy) is 1. The fraction of sp³-hybridized carbons (Fsp3) is 0.316. The molecule has 1 atom stereocenters. The summed E-state index contributed by atoms with van der Waals surface area (Å²) < 4.78 is 5.18. The number of hydrogen-bond acceptors (Lipinski definition) is 5. The highest BCUT2D eigenvalue weighted by Gasteiger charge is 2.29. The van der Waals surface area contributed by atoms with E-state index in [1.807, 2.05) is 24.3 Å². The summed E-state index contributed by atoms with van der Waals surface area (Å²) in [5.74, 6) is 1.88. The second-order valence-electron chi connectivity index (χ2n) is 6.10. The quantitative estimate of drug-likeness (QED) is 0.864. The van der Waals surface area contributed by atoms with E-state index in [1.54, 1.807) is 18.9 Å². The first kappa shape index (κ1) is 16.7. The molecule has 1 heterocycles. The summed E-state index contributed by atoms with van der Waals surface area (Å²) in [7, 11) is 1.67. The molecule has 0 aromatic heterocycles. The van der Waals surface area contributed by atoms with Gasteiger partial charge in [-0.15, -0.1) is 0 Å². The minimum absolute atomic E-state index is 0.217. The molecule has 2 aromatic rings. The lowest BCUT2D eigenvalue weighted by atomic mass is 9.89. The zero-order chi connectivity index (χ0) is 17.0. The Morgan fingerprint density at radius 3 is 2.75 bits per heavy atom. The Morgan fingerprint density at radius 2 is 2.04 bits per heavy atom. The molecule has 4 nitrogen and oxygen atoms in total. The molecular weight excluding hydrogens is 318 g/mol. The van der Waals surface area contributed by atoms with Crippen LogP contribution in [0.15, 0.2) is 53.5 Å². The number of amidine groups is 1. The number of nitrogens with zero attached hydrogens (tertiary/aromatic N) is 1. The monoisotopic (exact) mass is 341 g/mol. The minimum Gasteiger partial charge on any atom is -0.497 e. The van der Waals surface area contributed by atoms with E-state index in [2.05, 4.69) is 41.5 Å². The molecule has 126 valence electrons. The summed E-state index contributed by atoms with van der Waals surface area (Å²) in [6.07, 6.45) is 1.01. The van der Waals surface area contributed by atoms with E-state index in [4.69, 9.17) is 10.5 Å². The van der Waals surface area contributed by atoms with E-state index in [1.165, 1.54) is 11.1 Å². The van der Waals surface area contributed by atoms with Crippen LogP contribution in [0.1, 0.15) is 24.5 Å². The van der Waals surface area contributed by atoms with Crippen LogP contribution >= 0.6 is 11.8 Å². The number of benzene rings is 2. The highest BCUT2D eigenvalue weighted by molar-refractivity contribution is 8.13. The molecule has 1 unspecified atom stereocenters. The van der Waals surface area contributed by atoms with Crippen LogP contribution < -0.4 is 15.8 Å². The van der Waals surface area contributed by atoms with Crippen molar-refractivity contribution in [3.63, 3.8) is 0 Å². The topological polar surface area (TPSA) is 59.6 Å². The summed E-state index contributed by atoms with van der Waals surface area (Å²) in [4.78, 5) is 4.69. The molecular formula is C19H23N3OS. The molecule has 2 aromatic carbocycles. The van der Waals surface area contributed by atoms with Gasteiger partial charge in [0, 0.05) is 18.0 Å². The highest BCUT2D eigenvalue weighted by atomic mass is 32.2. The van der Waals surface area contributed by atoms with E-state index in [0.717, 1.165) is 30.2 Å². The van der Waals surface area contributed by atoms with Gasteiger partial charge in [0.2, 0.25) is 0 Å². The summed E-state index contributed by atoms with van der Waals surface area (Å²) >= 11 is 1.63. The van der Waals surface area contributed by atoms with Crippen LogP contribution in [0.4, 0.5) is 5.69 Å². The Morgan fingerprint density at radius 1 is 1.25 bits per heavy atom. The Bertz CT molecular complexity index is 730. The first-order valence-corrected chi connectivity index (χ1v) is 9.03. The molecule has 0 aliphatic carbocycles. The van der Waals surface area contributed by atoms with E-state index < -0.39 is 0 Å². The van der Waals surface area contributed by atoms with Crippen LogP contribution in [-0.4, -0.2) is 18.0 Å². The molecule has 0 fully saturated rings. The van der Waals surface area contributed by atoms with Crippen LogP contribution in [-0.2, 0) is 12.1 Å². The summed E-state index contributed by atoms with van der Waals surface area (Å²) in [6.45, 7) is 2.93. The van der Waals surface area contributed by atoms with Crippen LogP contribution in [0.3, 0.4) is 0 Å². The lowest BCUT2D eigenvalue weighted by molar-refractivity contribution is 0.415. The number of hydrogen-bond donors (Lipinski definition) is 2. The Hall–Kier alpha value is -2.14. The van der Waals surface area contributed by atoms with Gasteiger partial charge in [-0.25, -0.2) is 0 Å². The average Bonchev–Trinajstić information content (AvgIpc) is 2.60. The van der Waals surface area contributed by atoms with Gasteiger partial charge in [-0.05, 0) is 48.7 Å². The highest BCUT2D eigenvalue weighted by Crippen LogP contribution is 2.35. The van der Waals surface area contributed by atoms with Gasteiger partial charge in [0.25, 0.3) is 0 Å². The van der Waals surface area contributed by atoms with Gasteiger partial charge >= 0.3 is 0 Å². The number of methoxy groups -OCH3 is 1. The Kier molecular flexibility index (Phi) is 5.00. The zero-order valence-electron chi connectivity index (χ0n) is 14.1. The lowest BCUT2D eigenvalue weighted by Gasteiger charge is -2.30. The van der Waals surface area contributed by atoms with Crippen molar-refractivity contribution in [1.82, 2.24) is 0 Å². The molecule has 0 spiro atoms. The second-order valence-corrected chi connectivity index (χ2v) is 7.22. The van der Waals surface area contributed by atoms with E-state index >= 15 is 0 Å². The smallest absolute Gasteiger partial charge is 0.154 e. The molecule has 3 N–H and O–H groups in total. The summed E-state index contributed by atoms with van der Waals surface area (Å²) in [6, 6.07) is 16.6. The van der Waals surface area contributed by atoms with Gasteiger partial charge in [-0.1, -0.05) is 36.0 Å². The molecule has 0 bridgehead atoms. The van der Waals surface area contributed by atoms with E-state index in [-0.39, 0.29) is 5.54 Å². The first-order chi connectivity index (χ1) is 11.6. The predicted molar refractivity (Wildman–Crippen MR) is 103 cm³/mol. The van der Waals surface area contributed by atoms with Crippen molar-refractivity contribution in [1.29, 1.82) is 0 Å². The third-order valence-corrected chi connectivity index (χ3v) is 5.13. The molecule has 1 aliphatic heterocycles. The number of rotatable bonds is 5. The summed E-state index contributed by atoms with van der Waals surface area (Å²) in [5, 5.41) is 4.13. The molecule has 0 saturated heterocycles. The van der Waals surface area contributed by atoms with Gasteiger partial charge in [-0.3, -0.25) is 4.99 Å². The number of anilines is 1. The Balaban J connectivity index is 1.72. The van der Waals surface area contributed by atoms with E-state index in [9.17, 15) is 0 Å². The summed E-state index contributed by atoms with van der Waals surface area (Å²) in [5.41, 5.74) is 9.25. The first-order valence-electron chi connectivity index (χ1n) is 8.04. The minimum atomic E-state index is -0.217. The normalized spacial score (nSPS) is 20.3. The maximum atomic E-state index is 5.93. The molecule has 1 aliphatic rings. The standard InChI is InChI=1S/C19H23N3OS/c1-19(10-11-24-18(20)22-19)15-5-3-4-14(12-15)13-21-16-6-8-17(23-2)9-7-16/h3-9,12,21H,10-11,13H2,1-2H3,(H2,20,22). The van der Waals surface area contributed by atoms with Gasteiger partial charge in [0.1, 0.15) is 5.75 Å². The van der Waals surface area contributed by atoms with Crippen LogP contribution in [0.25, 0.3) is 0 Å². The molecule has 5 heteroatoms. The van der Waals surface area contributed by atoms with Gasteiger partial charge in [0.05, 0.1) is 12.6 Å². The molecule has 3 rings (SSSR count). The number of thioether (sulfide) groups is 1. The van der Waals surface area contributed by atoms with Gasteiger partial charge in [0.15, 0.2) is 5.17 Å². The van der Waals surface area contributed by atoms with Gasteiger partial charge in [-0.2, -0.15) is 0 Å². The Labute approximate surface area is 147 Å². The third kappa shape index (κ3) is 3.85. The third-order valence-electron chi connectivity index (χ3n) is 4.33. The molecule has 0 saturated carbocycles. The fourth-order valence-electron chi connectivity index (χ4n) is 2.82. The largest absolute Gasteiger partial charge is 0.497 e. The fourth-order valence-corrected chi connectivity index (χ4v) is 3.80. The lowest BCUT2D eigenvalue weighted by Crippen LogP contribution is -2.28. The maximum Gasteiger partial charge on any atom is 0.154 e. The number of aliphatic imine (C=N–C) groups is 1. The van der Waals surface area contributed by atoms with Crippen molar-refractivity contribution >= 4 is 22.6 Å². The molecule has 0 amide bonds. The number of nitrogens with one attached hydrogen (secondary N) is 1. The van der Waals surface area contributed by atoms with Gasteiger partial charge < -0.3 is 15.8 Å². The van der Waals surface area contributed by atoms with Crippen molar-refractivity contribution in [3.8, 4) is 5.75 Å². The molecule has 24 heavy (non-hydrogen) atoms. The molecule has 0 radical (unpaired) electrons. The van der Waals surface area contributed by atoms with Crippen LogP contribution in [0.2, 0.25) is 0 Å².